The normalized spacial score (nSPS) is 22.1. The highest BCUT2D eigenvalue weighted by atomic mass is 16.4. The molecule has 5 nitrogen and oxygen atoms in total. The van der Waals surface area contributed by atoms with Crippen LogP contribution in [0.3, 0.4) is 0 Å². The Kier molecular flexibility index (Phi) is 3.75. The lowest BCUT2D eigenvalue weighted by Crippen LogP contribution is -2.27. The molecule has 0 aliphatic heterocycles. The average molecular weight is 286 g/mol. The highest BCUT2D eigenvalue weighted by molar-refractivity contribution is 5.93. The number of carboxylic acids is 1. The monoisotopic (exact) mass is 286 g/mol. The van der Waals surface area contributed by atoms with Gasteiger partial charge in [-0.05, 0) is 12.8 Å². The van der Waals surface area contributed by atoms with Gasteiger partial charge < -0.3 is 14.8 Å². The maximum atomic E-state index is 11.4. The van der Waals surface area contributed by atoms with E-state index < -0.39 is 12.1 Å². The SMILES string of the molecule is O=C(O)c1ncn([C@H]2CCCC[C@H]2O)c1-c1ccccc1. The van der Waals surface area contributed by atoms with Gasteiger partial charge in [-0.3, -0.25) is 0 Å². The Hall–Kier alpha value is -2.14. The van der Waals surface area contributed by atoms with Crippen molar-refractivity contribution in [3.8, 4) is 11.3 Å². The largest absolute Gasteiger partial charge is 0.476 e. The van der Waals surface area contributed by atoms with Gasteiger partial charge in [0, 0.05) is 5.56 Å². The lowest BCUT2D eigenvalue weighted by Gasteiger charge is -2.30. The molecule has 0 bridgehead atoms. The molecule has 21 heavy (non-hydrogen) atoms. The fourth-order valence-electron chi connectivity index (χ4n) is 3.07. The molecule has 0 saturated heterocycles. The van der Waals surface area contributed by atoms with Gasteiger partial charge >= 0.3 is 5.97 Å². The van der Waals surface area contributed by atoms with Crippen LogP contribution < -0.4 is 0 Å². The molecule has 1 aromatic heterocycles. The zero-order valence-electron chi connectivity index (χ0n) is 11.6. The number of imidazole rings is 1. The quantitative estimate of drug-likeness (QED) is 0.909. The zero-order valence-corrected chi connectivity index (χ0v) is 11.6. The summed E-state index contributed by atoms with van der Waals surface area (Å²) in [6, 6.07) is 9.27. The minimum Gasteiger partial charge on any atom is -0.476 e. The second-order valence-corrected chi connectivity index (χ2v) is 5.44. The Morgan fingerprint density at radius 3 is 2.57 bits per heavy atom. The summed E-state index contributed by atoms with van der Waals surface area (Å²) in [4.78, 5) is 15.5. The molecule has 1 aromatic carbocycles. The molecule has 110 valence electrons. The van der Waals surface area contributed by atoms with E-state index in [9.17, 15) is 15.0 Å². The molecule has 1 fully saturated rings. The molecule has 3 rings (SSSR count). The predicted octanol–water partition coefficient (Wildman–Crippen LogP) is 2.72. The van der Waals surface area contributed by atoms with Crippen LogP contribution in [0.4, 0.5) is 0 Å². The summed E-state index contributed by atoms with van der Waals surface area (Å²) in [5.74, 6) is -1.04. The number of aromatic nitrogens is 2. The lowest BCUT2D eigenvalue weighted by molar-refractivity contribution is 0.0687. The van der Waals surface area contributed by atoms with Gasteiger partial charge in [0.2, 0.25) is 0 Å². The van der Waals surface area contributed by atoms with Crippen molar-refractivity contribution in [3.05, 3.63) is 42.4 Å². The molecule has 5 heteroatoms. The van der Waals surface area contributed by atoms with E-state index in [0.29, 0.717) is 5.69 Å². The number of nitrogens with zero attached hydrogens (tertiary/aromatic N) is 2. The van der Waals surface area contributed by atoms with Gasteiger partial charge in [0.15, 0.2) is 5.69 Å². The number of benzene rings is 1. The molecule has 0 spiro atoms. The molecule has 1 aliphatic carbocycles. The first kappa shape index (κ1) is 13.8. The van der Waals surface area contributed by atoms with Crippen molar-refractivity contribution < 1.29 is 15.0 Å². The fourth-order valence-corrected chi connectivity index (χ4v) is 3.07. The number of rotatable bonds is 3. The van der Waals surface area contributed by atoms with Crippen LogP contribution >= 0.6 is 0 Å². The number of hydrogen-bond acceptors (Lipinski definition) is 3. The van der Waals surface area contributed by atoms with Crippen molar-refractivity contribution in [1.29, 1.82) is 0 Å². The van der Waals surface area contributed by atoms with Crippen molar-refractivity contribution in [1.82, 2.24) is 9.55 Å². The smallest absolute Gasteiger partial charge is 0.356 e. The number of hydrogen-bond donors (Lipinski definition) is 2. The lowest BCUT2D eigenvalue weighted by atomic mass is 9.92. The molecule has 0 unspecified atom stereocenters. The summed E-state index contributed by atoms with van der Waals surface area (Å²) in [7, 11) is 0. The summed E-state index contributed by atoms with van der Waals surface area (Å²) in [5, 5.41) is 19.6. The number of aliphatic hydroxyl groups excluding tert-OH is 1. The summed E-state index contributed by atoms with van der Waals surface area (Å²) < 4.78 is 1.84. The molecule has 1 saturated carbocycles. The van der Waals surface area contributed by atoms with Crippen LogP contribution in [0.5, 0.6) is 0 Å². The molecule has 2 atom stereocenters. The Balaban J connectivity index is 2.11. The summed E-state index contributed by atoms with van der Waals surface area (Å²) in [6.07, 6.45) is 4.74. The van der Waals surface area contributed by atoms with Crippen molar-refractivity contribution in [2.24, 2.45) is 0 Å². The Bertz CT molecular complexity index is 636. The third kappa shape index (κ3) is 2.56. The molecule has 1 aliphatic rings. The summed E-state index contributed by atoms with van der Waals surface area (Å²) in [5.41, 5.74) is 1.43. The highest BCUT2D eigenvalue weighted by Gasteiger charge is 2.29. The molecular formula is C16H18N2O3. The van der Waals surface area contributed by atoms with Crippen molar-refractivity contribution in [3.63, 3.8) is 0 Å². The highest BCUT2D eigenvalue weighted by Crippen LogP contribution is 2.34. The van der Waals surface area contributed by atoms with Crippen molar-refractivity contribution in [2.45, 2.75) is 37.8 Å². The molecule has 2 N–H and O–H groups in total. The van der Waals surface area contributed by atoms with Gasteiger partial charge in [0.05, 0.1) is 24.2 Å². The van der Waals surface area contributed by atoms with Crippen molar-refractivity contribution in [2.75, 3.05) is 0 Å². The second-order valence-electron chi connectivity index (χ2n) is 5.44. The summed E-state index contributed by atoms with van der Waals surface area (Å²) in [6.45, 7) is 0. The van der Waals surface area contributed by atoms with Crippen LogP contribution in [0, 0.1) is 0 Å². The van der Waals surface area contributed by atoms with Crippen molar-refractivity contribution >= 4 is 5.97 Å². The van der Waals surface area contributed by atoms with E-state index in [0.717, 1.165) is 31.2 Å². The second kappa shape index (κ2) is 5.69. The first-order valence-corrected chi connectivity index (χ1v) is 7.22. The third-order valence-electron chi connectivity index (χ3n) is 4.09. The van der Waals surface area contributed by atoms with Gasteiger partial charge in [-0.1, -0.05) is 43.2 Å². The van der Waals surface area contributed by atoms with E-state index in [4.69, 9.17) is 0 Å². The molecule has 1 heterocycles. The molecule has 0 amide bonds. The number of carbonyl (C=O) groups is 1. The molecule has 2 aromatic rings. The summed E-state index contributed by atoms with van der Waals surface area (Å²) >= 11 is 0. The van der Waals surface area contributed by atoms with Crippen LogP contribution in [0.15, 0.2) is 36.7 Å². The number of aliphatic hydroxyl groups is 1. The van der Waals surface area contributed by atoms with E-state index >= 15 is 0 Å². The Morgan fingerprint density at radius 1 is 1.19 bits per heavy atom. The van der Waals surface area contributed by atoms with Gasteiger partial charge in [-0.2, -0.15) is 0 Å². The van der Waals surface area contributed by atoms with Crippen LogP contribution in [0.25, 0.3) is 11.3 Å². The van der Waals surface area contributed by atoms with E-state index in [1.807, 2.05) is 34.9 Å². The standard InChI is InChI=1S/C16H18N2O3/c19-13-9-5-4-8-12(13)18-10-17-14(16(20)21)15(18)11-6-2-1-3-7-11/h1-3,6-7,10,12-13,19H,4-5,8-9H2,(H,20,21)/t12-,13+/m0/s1. The van der Waals surface area contributed by atoms with Crippen LogP contribution in [0.2, 0.25) is 0 Å². The minimum absolute atomic E-state index is 0.0407. The van der Waals surface area contributed by atoms with E-state index in [-0.39, 0.29) is 11.7 Å². The van der Waals surface area contributed by atoms with Crippen LogP contribution in [-0.4, -0.2) is 31.8 Å². The third-order valence-corrected chi connectivity index (χ3v) is 4.09. The van der Waals surface area contributed by atoms with Gasteiger partial charge in [0.1, 0.15) is 0 Å². The molecular weight excluding hydrogens is 268 g/mol. The number of aromatic carboxylic acids is 1. The van der Waals surface area contributed by atoms with Crippen LogP contribution in [0.1, 0.15) is 42.2 Å². The first-order valence-electron chi connectivity index (χ1n) is 7.22. The molecule has 0 radical (unpaired) electrons. The van der Waals surface area contributed by atoms with E-state index in [2.05, 4.69) is 4.98 Å². The minimum atomic E-state index is -1.04. The topological polar surface area (TPSA) is 75.3 Å². The van der Waals surface area contributed by atoms with Gasteiger partial charge in [-0.15, -0.1) is 0 Å². The maximum absolute atomic E-state index is 11.4. The zero-order chi connectivity index (χ0) is 14.8. The Labute approximate surface area is 122 Å². The fraction of sp³-hybridized carbons (Fsp3) is 0.375. The van der Waals surface area contributed by atoms with Gasteiger partial charge in [0.25, 0.3) is 0 Å². The van der Waals surface area contributed by atoms with Gasteiger partial charge in [-0.25, -0.2) is 9.78 Å². The predicted molar refractivity (Wildman–Crippen MR) is 78.1 cm³/mol. The van der Waals surface area contributed by atoms with E-state index in [1.54, 1.807) is 6.33 Å². The Morgan fingerprint density at radius 2 is 1.90 bits per heavy atom. The van der Waals surface area contributed by atoms with E-state index in [1.165, 1.54) is 0 Å². The number of carboxylic acid groups (broad SMARTS) is 1. The first-order chi connectivity index (χ1) is 10.2. The maximum Gasteiger partial charge on any atom is 0.356 e. The average Bonchev–Trinajstić information content (AvgIpc) is 2.93. The van der Waals surface area contributed by atoms with Crippen LogP contribution in [-0.2, 0) is 0 Å².